The first kappa shape index (κ1) is 16.1. The minimum Gasteiger partial charge on any atom is -0.460 e. The average molecular weight is 349 g/mol. The second-order valence-corrected chi connectivity index (χ2v) is 7.08. The third-order valence-corrected chi connectivity index (χ3v) is 4.95. The number of carbonyl (C=O) groups is 1. The van der Waals surface area contributed by atoms with Crippen molar-refractivity contribution in [3.05, 3.63) is 52.9 Å². The zero-order chi connectivity index (χ0) is 16.2. The molecule has 6 heteroatoms. The summed E-state index contributed by atoms with van der Waals surface area (Å²) in [6.45, 7) is 2.21. The van der Waals surface area contributed by atoms with E-state index in [0.717, 1.165) is 10.7 Å². The number of furan rings is 1. The molecule has 1 aliphatic rings. The Morgan fingerprint density at radius 3 is 2.83 bits per heavy atom. The Labute approximate surface area is 144 Å². The quantitative estimate of drug-likeness (QED) is 0.481. The zero-order valence-electron chi connectivity index (χ0n) is 12.7. The highest BCUT2D eigenvalue weighted by molar-refractivity contribution is 8.00. The molecule has 1 heterocycles. The molecule has 4 nitrogen and oxygen atoms in total. The largest absolute Gasteiger partial charge is 0.460 e. The number of halogens is 1. The van der Waals surface area contributed by atoms with Crippen molar-refractivity contribution in [1.29, 1.82) is 0 Å². The number of benzene rings is 1. The third kappa shape index (κ3) is 4.62. The first-order valence-electron chi connectivity index (χ1n) is 7.42. The van der Waals surface area contributed by atoms with Gasteiger partial charge in [-0.1, -0.05) is 18.5 Å². The molecule has 2 atom stereocenters. The second kappa shape index (κ2) is 7.23. The molecule has 2 aromatic rings. The first-order valence-corrected chi connectivity index (χ1v) is 8.78. The van der Waals surface area contributed by atoms with Crippen LogP contribution in [0.4, 0.5) is 0 Å². The van der Waals surface area contributed by atoms with Crippen LogP contribution < -0.4 is 5.43 Å². The van der Waals surface area contributed by atoms with Crippen LogP contribution in [0.5, 0.6) is 0 Å². The van der Waals surface area contributed by atoms with Crippen LogP contribution in [-0.2, 0) is 4.79 Å². The number of nitrogens with zero attached hydrogens (tertiary/aromatic N) is 1. The molecule has 0 bridgehead atoms. The van der Waals surface area contributed by atoms with Crippen LogP contribution in [0.25, 0.3) is 0 Å². The van der Waals surface area contributed by atoms with Crippen LogP contribution in [0.3, 0.4) is 0 Å². The summed E-state index contributed by atoms with van der Waals surface area (Å²) in [6, 6.07) is 11.2. The molecular weight excluding hydrogens is 332 g/mol. The number of nitrogens with one attached hydrogen (secondary N) is 1. The number of hydrazone groups is 1. The van der Waals surface area contributed by atoms with Gasteiger partial charge in [0.15, 0.2) is 0 Å². The molecule has 0 saturated heterocycles. The van der Waals surface area contributed by atoms with Crippen LogP contribution in [0, 0.1) is 5.92 Å². The van der Waals surface area contributed by atoms with Gasteiger partial charge in [-0.25, -0.2) is 5.43 Å². The van der Waals surface area contributed by atoms with Gasteiger partial charge in [0.2, 0.25) is 5.91 Å². The third-order valence-electron chi connectivity index (χ3n) is 3.69. The monoisotopic (exact) mass is 348 g/mol. The molecule has 3 rings (SSSR count). The van der Waals surface area contributed by atoms with Crippen LogP contribution in [-0.4, -0.2) is 17.9 Å². The van der Waals surface area contributed by atoms with E-state index >= 15 is 0 Å². The Hall–Kier alpha value is -1.72. The summed E-state index contributed by atoms with van der Waals surface area (Å²) < 4.78 is 5.68. The van der Waals surface area contributed by atoms with Crippen molar-refractivity contribution >= 4 is 35.5 Å². The minimum absolute atomic E-state index is 0.163. The van der Waals surface area contributed by atoms with Crippen LogP contribution in [0.1, 0.15) is 30.8 Å². The Morgan fingerprint density at radius 1 is 1.39 bits per heavy atom. The average Bonchev–Trinajstić information content (AvgIpc) is 3.08. The van der Waals surface area contributed by atoms with Gasteiger partial charge in [0.25, 0.3) is 0 Å². The summed E-state index contributed by atoms with van der Waals surface area (Å²) in [4.78, 5) is 12.7. The molecule has 1 N–H and O–H groups in total. The second-order valence-electron chi connectivity index (χ2n) is 5.60. The van der Waals surface area contributed by atoms with E-state index in [4.69, 9.17) is 16.0 Å². The molecule has 0 spiro atoms. The van der Waals surface area contributed by atoms with Crippen molar-refractivity contribution < 1.29 is 9.21 Å². The molecule has 0 radical (unpaired) electrons. The van der Waals surface area contributed by atoms with Crippen LogP contribution >= 0.6 is 23.4 Å². The van der Waals surface area contributed by atoms with Gasteiger partial charge in [0, 0.05) is 15.8 Å². The summed E-state index contributed by atoms with van der Waals surface area (Å²) in [7, 11) is 0. The Balaban J connectivity index is 1.43. The molecule has 120 valence electrons. The fourth-order valence-corrected chi connectivity index (χ4v) is 3.05. The van der Waals surface area contributed by atoms with E-state index in [1.54, 1.807) is 12.1 Å². The van der Waals surface area contributed by atoms with Crippen molar-refractivity contribution in [1.82, 2.24) is 5.43 Å². The maximum absolute atomic E-state index is 11.7. The smallest absolute Gasteiger partial charge is 0.250 e. The molecule has 1 aromatic carbocycles. The van der Waals surface area contributed by atoms with Gasteiger partial charge >= 0.3 is 0 Å². The first-order chi connectivity index (χ1) is 11.1. The van der Waals surface area contributed by atoms with Gasteiger partial charge in [-0.15, -0.1) is 11.8 Å². The fraction of sp³-hybridized carbons (Fsp3) is 0.294. The molecule has 23 heavy (non-hydrogen) atoms. The highest BCUT2D eigenvalue weighted by Gasteiger charge is 2.36. The summed E-state index contributed by atoms with van der Waals surface area (Å²) in [5.41, 5.74) is 2.50. The molecule has 1 aromatic heterocycles. The van der Waals surface area contributed by atoms with Crippen molar-refractivity contribution in [2.75, 3.05) is 5.75 Å². The van der Waals surface area contributed by atoms with Gasteiger partial charge in [-0.3, -0.25) is 4.79 Å². The van der Waals surface area contributed by atoms with Crippen LogP contribution in [0.2, 0.25) is 5.02 Å². The predicted octanol–water partition coefficient (Wildman–Crippen LogP) is 4.30. The van der Waals surface area contributed by atoms with Gasteiger partial charge in [0.05, 0.1) is 12.0 Å². The summed E-state index contributed by atoms with van der Waals surface area (Å²) in [6.07, 6.45) is 2.71. The number of amides is 1. The van der Waals surface area contributed by atoms with Crippen molar-refractivity contribution in [2.45, 2.75) is 24.2 Å². The highest BCUT2D eigenvalue weighted by atomic mass is 35.5. The van der Waals surface area contributed by atoms with E-state index in [0.29, 0.717) is 28.4 Å². The fourth-order valence-electron chi connectivity index (χ4n) is 2.24. The Kier molecular flexibility index (Phi) is 5.08. The SMILES string of the molecule is C[C@H]1C[C@@H]1c1ccc(/C=N\NC(=O)CSc2ccc(Cl)cc2)o1. The summed E-state index contributed by atoms with van der Waals surface area (Å²) >= 11 is 7.25. The zero-order valence-corrected chi connectivity index (χ0v) is 14.2. The van der Waals surface area contributed by atoms with Gasteiger partial charge in [-0.05, 0) is 48.7 Å². The summed E-state index contributed by atoms with van der Waals surface area (Å²) in [5, 5.41) is 4.61. The van der Waals surface area contributed by atoms with Gasteiger partial charge in [-0.2, -0.15) is 5.10 Å². The molecule has 1 fully saturated rings. The van der Waals surface area contributed by atoms with E-state index in [2.05, 4.69) is 17.5 Å². The predicted molar refractivity (Wildman–Crippen MR) is 93.1 cm³/mol. The highest BCUT2D eigenvalue weighted by Crippen LogP contribution is 2.47. The lowest BCUT2D eigenvalue weighted by molar-refractivity contribution is -0.118. The lowest BCUT2D eigenvalue weighted by Gasteiger charge is -2.00. The summed E-state index contributed by atoms with van der Waals surface area (Å²) in [5.74, 6) is 3.04. The molecule has 0 unspecified atom stereocenters. The molecule has 1 amide bonds. The normalized spacial score (nSPS) is 19.9. The van der Waals surface area contributed by atoms with E-state index in [9.17, 15) is 4.79 Å². The molecule has 1 saturated carbocycles. The number of carbonyl (C=O) groups excluding carboxylic acids is 1. The van der Waals surface area contributed by atoms with Crippen molar-refractivity contribution in [2.24, 2.45) is 11.0 Å². The lowest BCUT2D eigenvalue weighted by Crippen LogP contribution is -2.19. The topological polar surface area (TPSA) is 54.6 Å². The van der Waals surface area contributed by atoms with Gasteiger partial charge in [0.1, 0.15) is 11.5 Å². The Bertz CT molecular complexity index is 712. The maximum atomic E-state index is 11.7. The number of hydrogen-bond acceptors (Lipinski definition) is 4. The number of thioether (sulfide) groups is 1. The number of rotatable bonds is 6. The molecule has 0 aliphatic heterocycles. The van der Waals surface area contributed by atoms with Crippen LogP contribution in [0.15, 0.2) is 50.8 Å². The Morgan fingerprint density at radius 2 is 2.13 bits per heavy atom. The van der Waals surface area contributed by atoms with Gasteiger partial charge < -0.3 is 4.42 Å². The van der Waals surface area contributed by atoms with Crippen molar-refractivity contribution in [3.8, 4) is 0 Å². The molecular formula is C17H17ClN2O2S. The molecule has 1 aliphatic carbocycles. The van der Waals surface area contributed by atoms with Crippen molar-refractivity contribution in [3.63, 3.8) is 0 Å². The standard InChI is InChI=1S/C17H17ClN2O2S/c1-11-8-15(11)16-7-4-13(22-16)9-19-20-17(21)10-23-14-5-2-12(18)3-6-14/h2-7,9,11,15H,8,10H2,1H3,(H,20,21)/b19-9-/t11-,15-/m0/s1. The minimum atomic E-state index is -0.163. The van der Waals surface area contributed by atoms with E-state index < -0.39 is 0 Å². The maximum Gasteiger partial charge on any atom is 0.250 e. The lowest BCUT2D eigenvalue weighted by atomic mass is 10.3. The number of hydrogen-bond donors (Lipinski definition) is 1. The van der Waals surface area contributed by atoms with E-state index in [1.165, 1.54) is 24.4 Å². The van der Waals surface area contributed by atoms with E-state index in [1.807, 2.05) is 24.3 Å². The van der Waals surface area contributed by atoms with E-state index in [-0.39, 0.29) is 5.91 Å².